The summed E-state index contributed by atoms with van der Waals surface area (Å²) in [4.78, 5) is 0. The van der Waals surface area contributed by atoms with Crippen molar-refractivity contribution in [2.24, 2.45) is 34.5 Å². The van der Waals surface area contributed by atoms with Crippen LogP contribution < -0.4 is 0 Å². The third-order valence-electron chi connectivity index (χ3n) is 12.7. The van der Waals surface area contributed by atoms with Crippen molar-refractivity contribution in [2.75, 3.05) is 0 Å². The van der Waals surface area contributed by atoms with Crippen LogP contribution in [0.15, 0.2) is 30.3 Å². The van der Waals surface area contributed by atoms with Crippen LogP contribution in [0.4, 0.5) is 0 Å². The van der Waals surface area contributed by atoms with Crippen molar-refractivity contribution in [2.45, 2.75) is 135 Å². The lowest BCUT2D eigenvalue weighted by Crippen LogP contribution is -2.57. The standard InChI is InChI=1S/C33H54O2Si/c1-30(2,3)36(6,7)35-29-16-15-27-26-14-13-25-23-33(34,20-17-24-11-9-8-10-12-24)22-21-31(25,4)28(26)18-19-32(27,29)5/h8-12,25-29,34H,13-23H2,1-7H3/t25?,26-,27-,28-,29-,31-,32-,33-/m0/s1. The zero-order valence-electron chi connectivity index (χ0n) is 24.4. The third kappa shape index (κ3) is 4.58. The minimum Gasteiger partial charge on any atom is -0.413 e. The molecule has 1 aromatic carbocycles. The molecular formula is C33H54O2Si. The second-order valence-electron chi connectivity index (χ2n) is 15.6. The fourth-order valence-electron chi connectivity index (χ4n) is 9.25. The van der Waals surface area contributed by atoms with E-state index in [4.69, 9.17) is 4.43 Å². The molecule has 0 saturated heterocycles. The summed E-state index contributed by atoms with van der Waals surface area (Å²) < 4.78 is 7.14. The molecule has 5 rings (SSSR count). The average molecular weight is 511 g/mol. The number of benzene rings is 1. The highest BCUT2D eigenvalue weighted by Crippen LogP contribution is 2.67. The second-order valence-corrected chi connectivity index (χ2v) is 20.3. The molecule has 4 aliphatic carbocycles. The SMILES string of the molecule is CC(C)(C)[Si](C)(C)O[C@H]1CC[C@H]2[C@@H]3CCC4C[C@](O)(CCc5ccccc5)CC[C@]4(C)[C@H]3CC[C@]12C. The molecule has 3 heteroatoms. The maximum Gasteiger partial charge on any atom is 0.192 e. The lowest BCUT2D eigenvalue weighted by molar-refractivity contribution is -0.155. The molecule has 1 N–H and O–H groups in total. The van der Waals surface area contributed by atoms with Crippen molar-refractivity contribution >= 4 is 8.32 Å². The van der Waals surface area contributed by atoms with Gasteiger partial charge in [0.15, 0.2) is 8.32 Å². The summed E-state index contributed by atoms with van der Waals surface area (Å²) in [5.41, 5.74) is 1.68. The zero-order valence-corrected chi connectivity index (χ0v) is 25.4. The van der Waals surface area contributed by atoms with Gasteiger partial charge in [-0.3, -0.25) is 0 Å². The van der Waals surface area contributed by atoms with Crippen LogP contribution in [-0.4, -0.2) is 25.1 Å². The molecule has 8 atom stereocenters. The molecule has 4 saturated carbocycles. The Labute approximate surface area is 223 Å². The number of hydrogen-bond donors (Lipinski definition) is 1. The van der Waals surface area contributed by atoms with E-state index >= 15 is 0 Å². The fourth-order valence-corrected chi connectivity index (χ4v) is 10.7. The second kappa shape index (κ2) is 9.23. The molecule has 1 unspecified atom stereocenters. The molecule has 0 radical (unpaired) electrons. The van der Waals surface area contributed by atoms with Crippen LogP contribution in [0.3, 0.4) is 0 Å². The van der Waals surface area contributed by atoms with Crippen molar-refractivity contribution in [3.63, 3.8) is 0 Å². The van der Waals surface area contributed by atoms with Gasteiger partial charge in [-0.05, 0) is 129 Å². The van der Waals surface area contributed by atoms with E-state index in [1.54, 1.807) is 0 Å². The number of aliphatic hydroxyl groups is 1. The molecular weight excluding hydrogens is 456 g/mol. The summed E-state index contributed by atoms with van der Waals surface area (Å²) >= 11 is 0. The van der Waals surface area contributed by atoms with E-state index in [0.29, 0.717) is 22.9 Å². The number of aryl methyl sites for hydroxylation is 1. The molecule has 0 aliphatic heterocycles. The number of hydrogen-bond acceptors (Lipinski definition) is 2. The van der Waals surface area contributed by atoms with E-state index in [9.17, 15) is 5.11 Å². The van der Waals surface area contributed by atoms with E-state index in [2.05, 4.69) is 78.0 Å². The molecule has 0 amide bonds. The molecule has 0 bridgehead atoms. The Balaban J connectivity index is 1.27. The lowest BCUT2D eigenvalue weighted by Gasteiger charge is -2.62. The molecule has 0 aromatic heterocycles. The first-order valence-corrected chi connectivity index (χ1v) is 18.1. The summed E-state index contributed by atoms with van der Waals surface area (Å²) in [6, 6.07) is 10.8. The van der Waals surface area contributed by atoms with Crippen LogP contribution >= 0.6 is 0 Å². The fraction of sp³-hybridized carbons (Fsp3) is 0.818. The lowest BCUT2D eigenvalue weighted by atomic mass is 9.44. The Morgan fingerprint density at radius 1 is 0.889 bits per heavy atom. The molecule has 202 valence electrons. The van der Waals surface area contributed by atoms with Crippen LogP contribution in [0.5, 0.6) is 0 Å². The van der Waals surface area contributed by atoms with E-state index in [0.717, 1.165) is 43.4 Å². The van der Waals surface area contributed by atoms with Crippen LogP contribution in [0.25, 0.3) is 0 Å². The van der Waals surface area contributed by atoms with Gasteiger partial charge in [-0.1, -0.05) is 65.0 Å². The Kier molecular flexibility index (Phi) is 6.91. The highest BCUT2D eigenvalue weighted by molar-refractivity contribution is 6.74. The van der Waals surface area contributed by atoms with Gasteiger partial charge >= 0.3 is 0 Å². The minimum absolute atomic E-state index is 0.281. The summed E-state index contributed by atoms with van der Waals surface area (Å²) in [7, 11) is -1.76. The van der Waals surface area contributed by atoms with E-state index < -0.39 is 13.9 Å². The van der Waals surface area contributed by atoms with Crippen molar-refractivity contribution in [1.29, 1.82) is 0 Å². The Bertz CT molecular complexity index is 921. The molecule has 2 nitrogen and oxygen atoms in total. The van der Waals surface area contributed by atoms with Gasteiger partial charge in [0.05, 0.1) is 11.7 Å². The highest BCUT2D eigenvalue weighted by Gasteiger charge is 2.62. The maximum absolute atomic E-state index is 11.7. The van der Waals surface area contributed by atoms with Crippen molar-refractivity contribution in [3.05, 3.63) is 35.9 Å². The number of fused-ring (bicyclic) bond motifs is 5. The summed E-state index contributed by atoms with van der Waals surface area (Å²) in [6.45, 7) is 17.3. The Morgan fingerprint density at radius 3 is 2.28 bits per heavy atom. The molecule has 36 heavy (non-hydrogen) atoms. The van der Waals surface area contributed by atoms with Crippen molar-refractivity contribution in [1.82, 2.24) is 0 Å². The van der Waals surface area contributed by atoms with Crippen LogP contribution in [0.2, 0.25) is 18.1 Å². The number of rotatable bonds is 5. The average Bonchev–Trinajstić information content (AvgIpc) is 3.14. The van der Waals surface area contributed by atoms with Crippen molar-refractivity contribution in [3.8, 4) is 0 Å². The monoisotopic (exact) mass is 510 g/mol. The maximum atomic E-state index is 11.7. The van der Waals surface area contributed by atoms with Gasteiger partial charge in [0.25, 0.3) is 0 Å². The van der Waals surface area contributed by atoms with E-state index in [-0.39, 0.29) is 5.04 Å². The summed E-state index contributed by atoms with van der Waals surface area (Å²) in [5.74, 6) is 3.24. The van der Waals surface area contributed by atoms with Gasteiger partial charge in [0.2, 0.25) is 0 Å². The molecule has 0 heterocycles. The first-order valence-electron chi connectivity index (χ1n) is 15.2. The van der Waals surface area contributed by atoms with Gasteiger partial charge in [0.1, 0.15) is 0 Å². The molecule has 1 aromatic rings. The first kappa shape index (κ1) is 26.9. The molecule has 4 fully saturated rings. The van der Waals surface area contributed by atoms with Crippen molar-refractivity contribution < 1.29 is 9.53 Å². The quantitative estimate of drug-likeness (QED) is 0.401. The Morgan fingerprint density at radius 2 is 1.58 bits per heavy atom. The van der Waals surface area contributed by atoms with Gasteiger partial charge < -0.3 is 9.53 Å². The summed E-state index contributed by atoms with van der Waals surface area (Å²) in [5, 5.41) is 12.0. The van der Waals surface area contributed by atoms with Gasteiger partial charge in [-0.25, -0.2) is 0 Å². The van der Waals surface area contributed by atoms with Gasteiger partial charge in [-0.2, -0.15) is 0 Å². The Hall–Kier alpha value is -0.643. The van der Waals surface area contributed by atoms with E-state index in [1.807, 2.05) is 0 Å². The highest BCUT2D eigenvalue weighted by atomic mass is 28.4. The smallest absolute Gasteiger partial charge is 0.192 e. The predicted octanol–water partition coefficient (Wildman–Crippen LogP) is 8.78. The van der Waals surface area contributed by atoms with Crippen LogP contribution in [0.1, 0.15) is 104 Å². The largest absolute Gasteiger partial charge is 0.413 e. The predicted molar refractivity (Wildman–Crippen MR) is 154 cm³/mol. The van der Waals surface area contributed by atoms with Gasteiger partial charge in [-0.15, -0.1) is 0 Å². The normalized spacial score (nSPS) is 42.9. The van der Waals surface area contributed by atoms with Gasteiger partial charge in [0, 0.05) is 0 Å². The van der Waals surface area contributed by atoms with E-state index in [1.165, 1.54) is 50.5 Å². The summed E-state index contributed by atoms with van der Waals surface area (Å²) in [6.07, 6.45) is 13.7. The third-order valence-corrected chi connectivity index (χ3v) is 17.2. The first-order chi connectivity index (χ1) is 16.8. The zero-order chi connectivity index (χ0) is 26.0. The van der Waals surface area contributed by atoms with Crippen LogP contribution in [-0.2, 0) is 10.8 Å². The topological polar surface area (TPSA) is 29.5 Å². The van der Waals surface area contributed by atoms with Crippen LogP contribution in [0, 0.1) is 34.5 Å². The molecule has 4 aliphatic rings. The minimum atomic E-state index is -1.76. The molecule has 0 spiro atoms.